The molecule has 1 unspecified atom stereocenters. The maximum absolute atomic E-state index is 6.17. The van der Waals surface area contributed by atoms with E-state index in [9.17, 15) is 0 Å². The third-order valence-electron chi connectivity index (χ3n) is 2.48. The first-order chi connectivity index (χ1) is 7.15. The van der Waals surface area contributed by atoms with Crippen LogP contribution in [0.5, 0.6) is 0 Å². The molecule has 2 N–H and O–H groups in total. The van der Waals surface area contributed by atoms with Crippen LogP contribution in [0.15, 0.2) is 22.7 Å². The van der Waals surface area contributed by atoms with Crippen molar-refractivity contribution in [3.63, 3.8) is 0 Å². The summed E-state index contributed by atoms with van der Waals surface area (Å²) in [7, 11) is 0. The van der Waals surface area contributed by atoms with Crippen molar-refractivity contribution in [3.05, 3.63) is 31.8 Å². The highest BCUT2D eigenvalue weighted by atomic mass is 127. The Labute approximate surface area is 114 Å². The van der Waals surface area contributed by atoms with E-state index in [1.807, 2.05) is 0 Å². The third-order valence-corrected chi connectivity index (χ3v) is 3.87. The molecule has 0 bridgehead atoms. The molecule has 1 nitrogen and oxygen atoms in total. The summed E-state index contributed by atoms with van der Waals surface area (Å²) in [5.41, 5.74) is 7.41. The van der Waals surface area contributed by atoms with Crippen LogP contribution in [0.1, 0.15) is 44.2 Å². The van der Waals surface area contributed by atoms with Gasteiger partial charge in [0.1, 0.15) is 0 Å². The fourth-order valence-corrected chi connectivity index (χ4v) is 2.62. The smallest absolute Gasteiger partial charge is 0.0306 e. The molecule has 1 aromatic carbocycles. The Kier molecular flexibility index (Phi) is 6.16. The lowest BCUT2D eigenvalue weighted by atomic mass is 10.0. The maximum atomic E-state index is 6.17. The minimum atomic E-state index is 0.167. The highest BCUT2D eigenvalue weighted by Crippen LogP contribution is 2.27. The Balaban J connectivity index is 2.64. The lowest BCUT2D eigenvalue weighted by Gasteiger charge is -2.14. The van der Waals surface area contributed by atoms with Gasteiger partial charge in [0.15, 0.2) is 0 Å². The molecule has 0 heterocycles. The molecular weight excluding hydrogens is 365 g/mol. The monoisotopic (exact) mass is 381 g/mol. The van der Waals surface area contributed by atoms with E-state index in [1.54, 1.807) is 0 Å². The van der Waals surface area contributed by atoms with E-state index >= 15 is 0 Å². The second-order valence-corrected chi connectivity index (χ2v) is 5.87. The molecule has 0 aliphatic heterocycles. The van der Waals surface area contributed by atoms with Crippen molar-refractivity contribution in [1.29, 1.82) is 0 Å². The molecule has 0 saturated heterocycles. The highest BCUT2D eigenvalue weighted by Gasteiger charge is 2.09. The van der Waals surface area contributed by atoms with Crippen molar-refractivity contribution in [1.82, 2.24) is 0 Å². The lowest BCUT2D eigenvalue weighted by molar-refractivity contribution is 0.579. The van der Waals surface area contributed by atoms with Gasteiger partial charge in [0, 0.05) is 14.1 Å². The van der Waals surface area contributed by atoms with Gasteiger partial charge in [-0.25, -0.2) is 0 Å². The number of hydrogen-bond acceptors (Lipinski definition) is 1. The Morgan fingerprint density at radius 2 is 2.13 bits per heavy atom. The first-order valence-corrected chi connectivity index (χ1v) is 7.23. The van der Waals surface area contributed by atoms with E-state index in [0.29, 0.717) is 0 Å². The predicted octanol–water partition coefficient (Wildman–Crippen LogP) is 4.63. The molecule has 0 amide bonds. The van der Waals surface area contributed by atoms with Crippen molar-refractivity contribution in [2.24, 2.45) is 5.73 Å². The molecule has 3 heteroatoms. The number of hydrogen-bond donors (Lipinski definition) is 1. The molecule has 0 fully saturated rings. The molecule has 1 aromatic rings. The van der Waals surface area contributed by atoms with Gasteiger partial charge in [-0.15, -0.1) is 0 Å². The number of halogens is 2. The van der Waals surface area contributed by atoms with Gasteiger partial charge >= 0.3 is 0 Å². The van der Waals surface area contributed by atoms with Gasteiger partial charge < -0.3 is 5.73 Å². The minimum Gasteiger partial charge on any atom is -0.324 e. The zero-order valence-electron chi connectivity index (χ0n) is 8.97. The first-order valence-electron chi connectivity index (χ1n) is 5.35. The predicted molar refractivity (Wildman–Crippen MR) is 77.9 cm³/mol. The van der Waals surface area contributed by atoms with Crippen LogP contribution in [0.3, 0.4) is 0 Å². The van der Waals surface area contributed by atoms with Gasteiger partial charge in [0.2, 0.25) is 0 Å². The highest BCUT2D eigenvalue weighted by molar-refractivity contribution is 14.1. The summed E-state index contributed by atoms with van der Waals surface area (Å²) >= 11 is 5.88. The quantitative estimate of drug-likeness (QED) is 0.583. The van der Waals surface area contributed by atoms with E-state index in [4.69, 9.17) is 5.73 Å². The van der Waals surface area contributed by atoms with E-state index in [0.717, 1.165) is 10.9 Å². The normalized spacial score (nSPS) is 12.8. The average Bonchev–Trinajstić information content (AvgIpc) is 2.22. The van der Waals surface area contributed by atoms with Gasteiger partial charge in [-0.1, -0.05) is 42.1 Å². The van der Waals surface area contributed by atoms with E-state index in [2.05, 4.69) is 63.6 Å². The average molecular weight is 382 g/mol. The van der Waals surface area contributed by atoms with Gasteiger partial charge in [-0.05, 0) is 52.8 Å². The number of nitrogens with two attached hydrogens (primary N) is 1. The van der Waals surface area contributed by atoms with E-state index in [1.165, 1.54) is 28.4 Å². The molecule has 0 aliphatic carbocycles. The molecule has 0 saturated carbocycles. The largest absolute Gasteiger partial charge is 0.324 e. The van der Waals surface area contributed by atoms with Gasteiger partial charge in [0.25, 0.3) is 0 Å². The Morgan fingerprint density at radius 1 is 1.40 bits per heavy atom. The van der Waals surface area contributed by atoms with Crippen LogP contribution in [0.4, 0.5) is 0 Å². The Hall–Kier alpha value is 0.390. The van der Waals surface area contributed by atoms with Gasteiger partial charge in [-0.3, -0.25) is 0 Å². The van der Waals surface area contributed by atoms with Crippen molar-refractivity contribution in [2.45, 2.75) is 38.6 Å². The fraction of sp³-hybridized carbons (Fsp3) is 0.500. The van der Waals surface area contributed by atoms with E-state index in [-0.39, 0.29) is 6.04 Å². The molecule has 1 atom stereocenters. The first kappa shape index (κ1) is 13.5. The fourth-order valence-electron chi connectivity index (χ4n) is 1.57. The van der Waals surface area contributed by atoms with Gasteiger partial charge in [-0.2, -0.15) is 0 Å². The minimum absolute atomic E-state index is 0.167. The zero-order valence-corrected chi connectivity index (χ0v) is 12.7. The van der Waals surface area contributed by atoms with Crippen molar-refractivity contribution in [3.8, 4) is 0 Å². The molecule has 0 aromatic heterocycles. The van der Waals surface area contributed by atoms with Crippen LogP contribution in [0, 0.1) is 3.57 Å². The summed E-state index contributed by atoms with van der Waals surface area (Å²) < 4.78 is 2.38. The van der Waals surface area contributed by atoms with Crippen molar-refractivity contribution >= 4 is 38.5 Å². The van der Waals surface area contributed by atoms with Crippen LogP contribution in [-0.4, -0.2) is 0 Å². The second-order valence-electron chi connectivity index (χ2n) is 3.77. The molecule has 84 valence electrons. The lowest BCUT2D eigenvalue weighted by Crippen LogP contribution is -2.11. The molecule has 1 rings (SSSR count). The Morgan fingerprint density at radius 3 is 2.80 bits per heavy atom. The summed E-state index contributed by atoms with van der Waals surface area (Å²) in [6, 6.07) is 6.51. The van der Waals surface area contributed by atoms with Gasteiger partial charge in [0.05, 0.1) is 0 Å². The van der Waals surface area contributed by atoms with Crippen molar-refractivity contribution < 1.29 is 0 Å². The summed E-state index contributed by atoms with van der Waals surface area (Å²) in [5, 5.41) is 0. The SMILES string of the molecule is CCCCCC(N)c1cc(I)ccc1Br. The molecule has 0 spiro atoms. The summed E-state index contributed by atoms with van der Waals surface area (Å²) in [6.45, 7) is 2.22. The Bertz CT molecular complexity index is 314. The molecular formula is C12H17BrIN. The third kappa shape index (κ3) is 4.41. The topological polar surface area (TPSA) is 26.0 Å². The van der Waals surface area contributed by atoms with E-state index < -0.39 is 0 Å². The number of unbranched alkanes of at least 4 members (excludes halogenated alkanes) is 2. The van der Waals surface area contributed by atoms with Crippen LogP contribution < -0.4 is 5.73 Å². The molecule has 0 aliphatic rings. The summed E-state index contributed by atoms with van der Waals surface area (Å²) in [5.74, 6) is 0. The number of rotatable bonds is 5. The maximum Gasteiger partial charge on any atom is 0.0306 e. The summed E-state index contributed by atoms with van der Waals surface area (Å²) in [4.78, 5) is 0. The molecule has 15 heavy (non-hydrogen) atoms. The van der Waals surface area contributed by atoms with Crippen LogP contribution in [0.25, 0.3) is 0 Å². The van der Waals surface area contributed by atoms with Crippen molar-refractivity contribution in [2.75, 3.05) is 0 Å². The van der Waals surface area contributed by atoms with Crippen LogP contribution in [0.2, 0.25) is 0 Å². The second kappa shape index (κ2) is 6.86. The van der Waals surface area contributed by atoms with Crippen LogP contribution in [-0.2, 0) is 0 Å². The summed E-state index contributed by atoms with van der Waals surface area (Å²) in [6.07, 6.45) is 4.82. The number of benzene rings is 1. The zero-order chi connectivity index (χ0) is 11.3. The standard InChI is InChI=1S/C12H17BrIN/c1-2-3-4-5-12(15)10-8-9(14)6-7-11(10)13/h6-8,12H,2-5,15H2,1H3. The van der Waals surface area contributed by atoms with Crippen LogP contribution >= 0.6 is 38.5 Å². The molecule has 0 radical (unpaired) electrons.